The first kappa shape index (κ1) is 17.7. The van der Waals surface area contributed by atoms with Crippen LogP contribution in [0.4, 0.5) is 13.2 Å². The van der Waals surface area contributed by atoms with E-state index in [2.05, 4.69) is 0 Å². The zero-order valence-electron chi connectivity index (χ0n) is 11.2. The average Bonchev–Trinajstić information content (AvgIpc) is 2.20. The van der Waals surface area contributed by atoms with Crippen LogP contribution in [-0.4, -0.2) is 41.1 Å². The first-order valence-corrected chi connectivity index (χ1v) is 6.18. The van der Waals surface area contributed by atoms with Gasteiger partial charge < -0.3 is 10.0 Å². The average molecular weight is 283 g/mol. The van der Waals surface area contributed by atoms with Crippen LogP contribution in [0, 0.1) is 5.92 Å². The van der Waals surface area contributed by atoms with Crippen LogP contribution < -0.4 is 0 Å². The van der Waals surface area contributed by atoms with Crippen LogP contribution in [0.5, 0.6) is 0 Å². The van der Waals surface area contributed by atoms with Crippen molar-refractivity contribution in [3.8, 4) is 0 Å². The van der Waals surface area contributed by atoms with Gasteiger partial charge in [0.05, 0.1) is 0 Å². The fourth-order valence-corrected chi connectivity index (χ4v) is 1.62. The maximum Gasteiger partial charge on any atom is 0.406 e. The Balaban J connectivity index is 4.26. The van der Waals surface area contributed by atoms with Gasteiger partial charge in [-0.25, -0.2) is 0 Å². The van der Waals surface area contributed by atoms with E-state index in [0.29, 0.717) is 6.42 Å². The second-order valence-corrected chi connectivity index (χ2v) is 4.88. The molecule has 0 saturated heterocycles. The normalized spacial score (nSPS) is 11.7. The zero-order chi connectivity index (χ0) is 15.1. The van der Waals surface area contributed by atoms with Crippen molar-refractivity contribution in [1.29, 1.82) is 0 Å². The van der Waals surface area contributed by atoms with Crippen molar-refractivity contribution in [2.75, 3.05) is 13.1 Å². The van der Waals surface area contributed by atoms with E-state index >= 15 is 0 Å². The highest BCUT2D eigenvalue weighted by atomic mass is 19.4. The molecule has 0 aromatic heterocycles. The summed E-state index contributed by atoms with van der Waals surface area (Å²) < 4.78 is 37.0. The smallest absolute Gasteiger partial charge is 0.406 e. The second kappa shape index (κ2) is 8.01. The van der Waals surface area contributed by atoms with Crippen LogP contribution in [-0.2, 0) is 9.59 Å². The largest absolute Gasteiger partial charge is 0.481 e. The number of carbonyl (C=O) groups excluding carboxylic acids is 1. The highest BCUT2D eigenvalue weighted by Crippen LogP contribution is 2.18. The van der Waals surface area contributed by atoms with Gasteiger partial charge in [0.15, 0.2) is 0 Å². The molecule has 0 fully saturated rings. The summed E-state index contributed by atoms with van der Waals surface area (Å²) in [6.07, 6.45) is -3.95. The number of alkyl halides is 3. The van der Waals surface area contributed by atoms with Crippen molar-refractivity contribution in [3.63, 3.8) is 0 Å². The van der Waals surface area contributed by atoms with Gasteiger partial charge in [-0.1, -0.05) is 13.8 Å². The number of halogens is 3. The molecule has 1 amide bonds. The van der Waals surface area contributed by atoms with Gasteiger partial charge in [0.1, 0.15) is 6.54 Å². The lowest BCUT2D eigenvalue weighted by molar-refractivity contribution is -0.162. The molecule has 0 heterocycles. The van der Waals surface area contributed by atoms with Crippen molar-refractivity contribution >= 4 is 11.9 Å². The van der Waals surface area contributed by atoms with Crippen LogP contribution in [0.2, 0.25) is 0 Å². The summed E-state index contributed by atoms with van der Waals surface area (Å²) in [6.45, 7) is 2.28. The van der Waals surface area contributed by atoms with Gasteiger partial charge >= 0.3 is 12.1 Å². The van der Waals surface area contributed by atoms with Gasteiger partial charge in [-0.3, -0.25) is 9.59 Å². The molecule has 0 spiro atoms. The number of hydrogen-bond acceptors (Lipinski definition) is 2. The first-order valence-electron chi connectivity index (χ1n) is 6.18. The van der Waals surface area contributed by atoms with Crippen LogP contribution in [0.3, 0.4) is 0 Å². The number of rotatable bonds is 8. The van der Waals surface area contributed by atoms with Crippen LogP contribution in [0.15, 0.2) is 0 Å². The molecule has 0 aliphatic rings. The minimum absolute atomic E-state index is 0.0456. The summed E-state index contributed by atoms with van der Waals surface area (Å²) in [6, 6.07) is 0. The summed E-state index contributed by atoms with van der Waals surface area (Å²) in [5, 5.41) is 8.42. The fourth-order valence-electron chi connectivity index (χ4n) is 1.62. The quantitative estimate of drug-likeness (QED) is 0.697. The van der Waals surface area contributed by atoms with E-state index in [-0.39, 0.29) is 31.7 Å². The molecule has 0 aromatic rings. The SMILES string of the molecule is CC(C)CN(CC(F)(F)F)C(=O)CCCCC(=O)O. The van der Waals surface area contributed by atoms with E-state index in [1.165, 1.54) is 0 Å². The molecule has 0 aromatic carbocycles. The number of nitrogens with zero attached hydrogens (tertiary/aromatic N) is 1. The number of hydrogen-bond donors (Lipinski definition) is 1. The summed E-state index contributed by atoms with van der Waals surface area (Å²) in [4.78, 5) is 22.7. The van der Waals surface area contributed by atoms with Crippen molar-refractivity contribution in [2.45, 2.75) is 45.7 Å². The monoisotopic (exact) mass is 283 g/mol. The molecule has 0 saturated carbocycles. The van der Waals surface area contributed by atoms with E-state index in [4.69, 9.17) is 5.11 Å². The number of carbonyl (C=O) groups is 2. The van der Waals surface area contributed by atoms with Gasteiger partial charge in [0.2, 0.25) is 5.91 Å². The molecule has 112 valence electrons. The van der Waals surface area contributed by atoms with Crippen molar-refractivity contribution in [3.05, 3.63) is 0 Å². The van der Waals surface area contributed by atoms with Gasteiger partial charge in [-0.05, 0) is 18.8 Å². The van der Waals surface area contributed by atoms with E-state index in [1.54, 1.807) is 13.8 Å². The Kier molecular flexibility index (Phi) is 7.48. The lowest BCUT2D eigenvalue weighted by Gasteiger charge is -2.25. The van der Waals surface area contributed by atoms with E-state index < -0.39 is 24.6 Å². The minimum Gasteiger partial charge on any atom is -0.481 e. The number of carboxylic acids is 1. The molecular weight excluding hydrogens is 263 g/mol. The molecule has 0 radical (unpaired) electrons. The third kappa shape index (κ3) is 10.3. The lowest BCUT2D eigenvalue weighted by atomic mass is 10.1. The summed E-state index contributed by atoms with van der Waals surface area (Å²) >= 11 is 0. The number of aliphatic carboxylic acids is 1. The fraction of sp³-hybridized carbons (Fsp3) is 0.833. The molecule has 0 aliphatic carbocycles. The van der Waals surface area contributed by atoms with Gasteiger partial charge in [0.25, 0.3) is 0 Å². The Morgan fingerprint density at radius 3 is 2.11 bits per heavy atom. The Morgan fingerprint density at radius 2 is 1.68 bits per heavy atom. The Hall–Kier alpha value is -1.27. The van der Waals surface area contributed by atoms with Gasteiger partial charge in [0, 0.05) is 19.4 Å². The van der Waals surface area contributed by atoms with E-state index in [0.717, 1.165) is 4.90 Å². The summed E-state index contributed by atoms with van der Waals surface area (Å²) in [7, 11) is 0. The van der Waals surface area contributed by atoms with Crippen LogP contribution in [0.25, 0.3) is 0 Å². The van der Waals surface area contributed by atoms with Crippen LogP contribution in [0.1, 0.15) is 39.5 Å². The molecule has 0 aliphatic heterocycles. The second-order valence-electron chi connectivity index (χ2n) is 4.88. The maximum atomic E-state index is 12.3. The molecule has 0 bridgehead atoms. The molecule has 0 unspecified atom stereocenters. The van der Waals surface area contributed by atoms with Gasteiger partial charge in [-0.2, -0.15) is 13.2 Å². The zero-order valence-corrected chi connectivity index (χ0v) is 11.2. The Morgan fingerprint density at radius 1 is 1.16 bits per heavy atom. The topological polar surface area (TPSA) is 57.6 Å². The number of carboxylic acid groups (broad SMARTS) is 1. The molecule has 0 atom stereocenters. The lowest BCUT2D eigenvalue weighted by Crippen LogP contribution is -2.41. The van der Waals surface area contributed by atoms with Crippen LogP contribution >= 0.6 is 0 Å². The highest BCUT2D eigenvalue weighted by molar-refractivity contribution is 5.76. The standard InChI is InChI=1S/C12H20F3NO3/c1-9(2)7-16(8-12(13,14)15)10(17)5-3-4-6-11(18)19/h9H,3-8H2,1-2H3,(H,18,19). The first-order chi connectivity index (χ1) is 8.61. The van der Waals surface area contributed by atoms with Crippen molar-refractivity contribution in [2.24, 2.45) is 5.92 Å². The van der Waals surface area contributed by atoms with Gasteiger partial charge in [-0.15, -0.1) is 0 Å². The highest BCUT2D eigenvalue weighted by Gasteiger charge is 2.32. The van der Waals surface area contributed by atoms with Crippen molar-refractivity contribution in [1.82, 2.24) is 4.90 Å². The van der Waals surface area contributed by atoms with E-state index in [1.807, 2.05) is 0 Å². The third-order valence-electron chi connectivity index (χ3n) is 2.34. The number of unbranched alkanes of at least 4 members (excludes halogenated alkanes) is 1. The third-order valence-corrected chi connectivity index (χ3v) is 2.34. The molecule has 1 N–H and O–H groups in total. The Labute approximate surface area is 110 Å². The predicted octanol–water partition coefficient (Wildman–Crippen LogP) is 2.68. The number of amides is 1. The van der Waals surface area contributed by atoms with Crippen molar-refractivity contribution < 1.29 is 27.9 Å². The Bertz CT molecular complexity index is 303. The molecule has 19 heavy (non-hydrogen) atoms. The maximum absolute atomic E-state index is 12.3. The van der Waals surface area contributed by atoms with E-state index in [9.17, 15) is 22.8 Å². The summed E-state index contributed by atoms with van der Waals surface area (Å²) in [5.41, 5.74) is 0. The minimum atomic E-state index is -4.41. The molecular formula is C12H20F3NO3. The molecule has 7 heteroatoms. The predicted molar refractivity (Wildman–Crippen MR) is 63.6 cm³/mol. The summed E-state index contributed by atoms with van der Waals surface area (Å²) in [5.74, 6) is -1.59. The molecule has 4 nitrogen and oxygen atoms in total. The molecule has 0 rings (SSSR count).